The molecule has 0 spiro atoms. The second-order valence-electron chi connectivity index (χ2n) is 4.99. The lowest BCUT2D eigenvalue weighted by molar-refractivity contribution is 0.288. The first-order valence-electron chi connectivity index (χ1n) is 6.81. The van der Waals surface area contributed by atoms with Crippen molar-refractivity contribution < 1.29 is 4.74 Å². The first-order chi connectivity index (χ1) is 9.63. The highest BCUT2D eigenvalue weighted by molar-refractivity contribution is 5.18. The molecule has 0 amide bonds. The normalized spacial score (nSPS) is 11.0. The summed E-state index contributed by atoms with van der Waals surface area (Å²) in [5.41, 5.74) is 1.92. The number of ether oxygens (including phenoxy) is 1. The number of hydrogen-bond donors (Lipinski definition) is 1. The lowest BCUT2D eigenvalue weighted by Crippen LogP contribution is -2.21. The van der Waals surface area contributed by atoms with E-state index in [2.05, 4.69) is 34.5 Å². The second kappa shape index (κ2) is 7.00. The largest absolute Gasteiger partial charge is 0.490 e. The lowest BCUT2D eigenvalue weighted by Gasteiger charge is -2.05. The highest BCUT2D eigenvalue weighted by atomic mass is 16.5. The van der Waals surface area contributed by atoms with Gasteiger partial charge in [-0.2, -0.15) is 0 Å². The van der Waals surface area contributed by atoms with Gasteiger partial charge in [-0.1, -0.05) is 19.1 Å². The van der Waals surface area contributed by atoms with E-state index in [-0.39, 0.29) is 0 Å². The van der Waals surface area contributed by atoms with Crippen molar-refractivity contribution in [3.8, 4) is 5.75 Å². The monoisotopic (exact) mass is 275 g/mol. The molecule has 0 aliphatic rings. The molecule has 2 heterocycles. The molecular weight excluding hydrogens is 254 g/mol. The van der Waals surface area contributed by atoms with Crippen LogP contribution in [0.15, 0.2) is 24.5 Å². The van der Waals surface area contributed by atoms with E-state index in [0.29, 0.717) is 19.2 Å². The minimum atomic E-state index is 0.442. The van der Waals surface area contributed by atoms with Gasteiger partial charge in [-0.25, -0.2) is 4.68 Å². The molecule has 0 fully saturated rings. The number of pyridine rings is 1. The smallest absolute Gasteiger partial charge is 0.137 e. The summed E-state index contributed by atoms with van der Waals surface area (Å²) in [6.07, 6.45) is 3.67. The molecule has 0 radical (unpaired) electrons. The van der Waals surface area contributed by atoms with Crippen LogP contribution in [-0.4, -0.2) is 32.6 Å². The van der Waals surface area contributed by atoms with Gasteiger partial charge in [-0.3, -0.25) is 4.98 Å². The highest BCUT2D eigenvalue weighted by Gasteiger charge is 2.02. The Hall–Kier alpha value is -1.95. The number of nitrogens with one attached hydrogen (secondary N) is 1. The summed E-state index contributed by atoms with van der Waals surface area (Å²) in [5.74, 6) is 0.775. The third-order valence-corrected chi connectivity index (χ3v) is 2.75. The maximum Gasteiger partial charge on any atom is 0.137 e. The van der Waals surface area contributed by atoms with Crippen LogP contribution in [0.25, 0.3) is 0 Å². The third kappa shape index (κ3) is 4.62. The van der Waals surface area contributed by atoms with Crippen LogP contribution in [0, 0.1) is 6.92 Å². The fourth-order valence-corrected chi connectivity index (χ4v) is 1.63. The summed E-state index contributed by atoms with van der Waals surface area (Å²) in [4.78, 5) is 4.18. The van der Waals surface area contributed by atoms with Gasteiger partial charge in [0, 0.05) is 24.5 Å². The number of aryl methyl sites for hydroxylation is 1. The Bertz CT molecular complexity index is 521. The molecule has 0 aliphatic carbocycles. The van der Waals surface area contributed by atoms with E-state index in [1.54, 1.807) is 10.9 Å². The number of aromatic nitrogens is 4. The van der Waals surface area contributed by atoms with E-state index >= 15 is 0 Å². The first kappa shape index (κ1) is 14.5. The van der Waals surface area contributed by atoms with E-state index in [0.717, 1.165) is 23.7 Å². The van der Waals surface area contributed by atoms with Crippen LogP contribution in [0.1, 0.15) is 25.2 Å². The zero-order valence-corrected chi connectivity index (χ0v) is 12.2. The van der Waals surface area contributed by atoms with E-state index < -0.39 is 0 Å². The summed E-state index contributed by atoms with van der Waals surface area (Å²) in [6.45, 7) is 8.11. The first-order valence-corrected chi connectivity index (χ1v) is 6.81. The Labute approximate surface area is 119 Å². The zero-order chi connectivity index (χ0) is 14.4. The summed E-state index contributed by atoms with van der Waals surface area (Å²) in [5, 5.41) is 11.5. The Balaban J connectivity index is 1.75. The van der Waals surface area contributed by atoms with Gasteiger partial charge in [0.2, 0.25) is 0 Å². The molecular formula is C14H21N5O. The average Bonchev–Trinajstić information content (AvgIpc) is 2.87. The summed E-state index contributed by atoms with van der Waals surface area (Å²) in [7, 11) is 0. The van der Waals surface area contributed by atoms with Crippen molar-refractivity contribution in [2.24, 2.45) is 0 Å². The van der Waals surface area contributed by atoms with Gasteiger partial charge in [0.05, 0.1) is 18.4 Å². The molecule has 0 unspecified atom stereocenters. The van der Waals surface area contributed by atoms with Gasteiger partial charge in [-0.05, 0) is 19.1 Å². The van der Waals surface area contributed by atoms with Gasteiger partial charge in [0.25, 0.3) is 0 Å². The number of nitrogens with zero attached hydrogens (tertiary/aromatic N) is 4. The summed E-state index contributed by atoms with van der Waals surface area (Å²) >= 11 is 0. The molecule has 2 rings (SSSR count). The molecule has 1 N–H and O–H groups in total. The summed E-state index contributed by atoms with van der Waals surface area (Å²) in [6, 6.07) is 4.29. The molecule has 0 saturated carbocycles. The van der Waals surface area contributed by atoms with Gasteiger partial charge in [-0.15, -0.1) is 5.10 Å². The molecule has 108 valence electrons. The molecule has 0 aromatic carbocycles. The third-order valence-electron chi connectivity index (χ3n) is 2.75. The molecule has 0 atom stereocenters. The van der Waals surface area contributed by atoms with E-state index in [9.17, 15) is 0 Å². The van der Waals surface area contributed by atoms with Crippen LogP contribution < -0.4 is 10.1 Å². The van der Waals surface area contributed by atoms with Crippen molar-refractivity contribution in [1.82, 2.24) is 25.3 Å². The van der Waals surface area contributed by atoms with Crippen LogP contribution in [0.3, 0.4) is 0 Å². The van der Waals surface area contributed by atoms with Crippen molar-refractivity contribution in [2.75, 3.05) is 6.61 Å². The number of rotatable bonds is 7. The second-order valence-corrected chi connectivity index (χ2v) is 4.99. The topological polar surface area (TPSA) is 64.9 Å². The Morgan fingerprint density at radius 2 is 2.20 bits per heavy atom. The predicted octanol–water partition coefficient (Wildman–Crippen LogP) is 1.56. The van der Waals surface area contributed by atoms with Crippen LogP contribution >= 0.6 is 0 Å². The van der Waals surface area contributed by atoms with Gasteiger partial charge in [0.1, 0.15) is 12.4 Å². The van der Waals surface area contributed by atoms with Crippen molar-refractivity contribution >= 4 is 0 Å². The van der Waals surface area contributed by atoms with Gasteiger partial charge in [0.15, 0.2) is 0 Å². The molecule has 0 saturated heterocycles. The van der Waals surface area contributed by atoms with Crippen LogP contribution in [0.5, 0.6) is 5.75 Å². The Kier molecular flexibility index (Phi) is 5.06. The molecule has 2 aromatic heterocycles. The van der Waals surface area contributed by atoms with Crippen molar-refractivity contribution in [3.63, 3.8) is 0 Å². The van der Waals surface area contributed by atoms with Crippen LogP contribution in [-0.2, 0) is 13.1 Å². The molecule has 6 nitrogen and oxygen atoms in total. The molecule has 0 aliphatic heterocycles. The van der Waals surface area contributed by atoms with Crippen molar-refractivity contribution in [1.29, 1.82) is 0 Å². The maximum absolute atomic E-state index is 5.61. The van der Waals surface area contributed by atoms with E-state index in [4.69, 9.17) is 4.74 Å². The fourth-order valence-electron chi connectivity index (χ4n) is 1.63. The summed E-state index contributed by atoms with van der Waals surface area (Å²) < 4.78 is 7.40. The molecule has 6 heteroatoms. The number of hydrogen-bond acceptors (Lipinski definition) is 5. The predicted molar refractivity (Wildman–Crippen MR) is 76.5 cm³/mol. The van der Waals surface area contributed by atoms with Crippen molar-refractivity contribution in [3.05, 3.63) is 35.9 Å². The molecule has 2 aromatic rings. The van der Waals surface area contributed by atoms with E-state index in [1.807, 2.05) is 25.3 Å². The Morgan fingerprint density at radius 3 is 2.90 bits per heavy atom. The SMILES string of the molecule is Cc1ccc(OCCn2cc(CNC(C)C)nn2)cn1. The lowest BCUT2D eigenvalue weighted by atomic mass is 10.3. The Morgan fingerprint density at radius 1 is 1.35 bits per heavy atom. The maximum atomic E-state index is 5.61. The minimum absolute atomic E-state index is 0.442. The standard InChI is InChI=1S/C14H21N5O/c1-11(2)15-8-13-10-19(18-17-13)6-7-20-14-5-4-12(3)16-9-14/h4-5,9-11,15H,6-8H2,1-3H3. The van der Waals surface area contributed by atoms with Gasteiger partial charge >= 0.3 is 0 Å². The highest BCUT2D eigenvalue weighted by Crippen LogP contribution is 2.08. The minimum Gasteiger partial charge on any atom is -0.490 e. The van der Waals surface area contributed by atoms with Crippen molar-refractivity contribution in [2.45, 2.75) is 39.9 Å². The van der Waals surface area contributed by atoms with Crippen LogP contribution in [0.4, 0.5) is 0 Å². The van der Waals surface area contributed by atoms with Crippen LogP contribution in [0.2, 0.25) is 0 Å². The fraction of sp³-hybridized carbons (Fsp3) is 0.500. The molecule has 0 bridgehead atoms. The molecule has 20 heavy (non-hydrogen) atoms. The van der Waals surface area contributed by atoms with E-state index in [1.165, 1.54) is 0 Å². The zero-order valence-electron chi connectivity index (χ0n) is 12.2. The quantitative estimate of drug-likeness (QED) is 0.830. The van der Waals surface area contributed by atoms with Gasteiger partial charge < -0.3 is 10.1 Å². The average molecular weight is 275 g/mol.